The van der Waals surface area contributed by atoms with Crippen LogP contribution in [0.1, 0.15) is 337 Å². The van der Waals surface area contributed by atoms with Gasteiger partial charge in [-0.05, 0) is 25.7 Å². The van der Waals surface area contributed by atoms with Crippen LogP contribution < -0.4 is 0 Å². The molecule has 0 aliphatic heterocycles. The van der Waals surface area contributed by atoms with Crippen LogP contribution in [0, 0.1) is 0 Å². The van der Waals surface area contributed by atoms with Gasteiger partial charge >= 0.3 is 0 Å². The number of unbranched alkanes of at least 4 members (excludes halogenated alkanes) is 42. The van der Waals surface area contributed by atoms with Crippen molar-refractivity contribution in [3.63, 3.8) is 0 Å². The molecule has 0 aromatic carbocycles. The molecule has 0 atom stereocenters. The summed E-state index contributed by atoms with van der Waals surface area (Å²) in [6, 6.07) is 0. The molecule has 0 bridgehead atoms. The smallest absolute Gasteiger partial charge is 0.0353 e. The molecular weight excluding hydrogens is 673 g/mol. The molecule has 0 unspecified atom stereocenters. The minimum atomic E-state index is 1.20. The van der Waals surface area contributed by atoms with E-state index in [1.807, 2.05) is 12.2 Å². The number of hydrogen-bond donors (Lipinski definition) is 0. The molecule has 0 spiro atoms. The quantitative estimate of drug-likeness (QED) is 0.0426. The zero-order valence-corrected chi connectivity index (χ0v) is 41.1. The Morgan fingerprint density at radius 3 is 0.393 bits per heavy atom. The highest BCUT2D eigenvalue weighted by atomic mass is 14.0. The molecule has 0 radical (unpaired) electrons. The Kier molecular flexibility index (Phi) is 76.7. The molecule has 0 fully saturated rings. The summed E-state index contributed by atoms with van der Waals surface area (Å²) in [5.74, 6) is 0. The topological polar surface area (TPSA) is 0 Å². The van der Waals surface area contributed by atoms with E-state index in [0.717, 1.165) is 0 Å². The van der Waals surface area contributed by atoms with Crippen molar-refractivity contribution in [2.75, 3.05) is 0 Å². The first kappa shape index (κ1) is 62.1. The highest BCUT2D eigenvalue weighted by Gasteiger charge is 1.95. The second kappa shape index (κ2) is 69.1. The van der Waals surface area contributed by atoms with E-state index < -0.39 is 0 Å². The average molecular weight is 790 g/mol. The van der Waals surface area contributed by atoms with Crippen molar-refractivity contribution in [2.45, 2.75) is 337 Å². The van der Waals surface area contributed by atoms with Crippen LogP contribution in [0.3, 0.4) is 0 Å². The summed E-state index contributed by atoms with van der Waals surface area (Å²) >= 11 is 0. The van der Waals surface area contributed by atoms with Gasteiger partial charge in [-0.15, -0.1) is 13.2 Å². The van der Waals surface area contributed by atoms with E-state index in [9.17, 15) is 0 Å². The molecule has 0 aromatic heterocycles. The fourth-order valence-electron chi connectivity index (χ4n) is 7.38. The van der Waals surface area contributed by atoms with Gasteiger partial charge in [0.2, 0.25) is 0 Å². The summed E-state index contributed by atoms with van der Waals surface area (Å²) in [5.41, 5.74) is 0. The lowest BCUT2D eigenvalue weighted by Crippen LogP contribution is -1.81. The molecular formula is C56H116. The molecule has 0 heterocycles. The number of allylic oxidation sites excluding steroid dienone is 2. The van der Waals surface area contributed by atoms with Crippen molar-refractivity contribution in [2.24, 2.45) is 0 Å². The van der Waals surface area contributed by atoms with Gasteiger partial charge < -0.3 is 0 Å². The van der Waals surface area contributed by atoms with Gasteiger partial charge in [-0.1, -0.05) is 323 Å². The molecule has 0 aliphatic carbocycles. The lowest BCUT2D eigenvalue weighted by atomic mass is 10.1. The van der Waals surface area contributed by atoms with Crippen LogP contribution in [-0.4, -0.2) is 0 Å². The van der Waals surface area contributed by atoms with E-state index in [2.05, 4.69) is 54.7 Å². The molecule has 340 valence electrons. The predicted octanol–water partition coefficient (Wildman–Crippen LogP) is 22.4. The van der Waals surface area contributed by atoms with Crippen LogP contribution >= 0.6 is 0 Å². The third-order valence-corrected chi connectivity index (χ3v) is 11.4. The third-order valence-electron chi connectivity index (χ3n) is 11.4. The normalized spacial score (nSPS) is 10.5. The zero-order valence-electron chi connectivity index (χ0n) is 41.1. The first-order chi connectivity index (χ1) is 27.7. The fourth-order valence-corrected chi connectivity index (χ4v) is 7.38. The van der Waals surface area contributed by atoms with Crippen molar-refractivity contribution < 1.29 is 0 Å². The number of hydrogen-bond acceptors (Lipinski definition) is 0. The van der Waals surface area contributed by atoms with Crippen molar-refractivity contribution in [3.8, 4) is 0 Å². The predicted molar refractivity (Wildman–Crippen MR) is 267 cm³/mol. The van der Waals surface area contributed by atoms with Crippen LogP contribution in [0.2, 0.25) is 0 Å². The Labute approximate surface area is 360 Å². The Bertz CT molecular complexity index is 513. The van der Waals surface area contributed by atoms with Gasteiger partial charge in [0.25, 0.3) is 0 Å². The Morgan fingerprint density at radius 1 is 0.179 bits per heavy atom. The van der Waals surface area contributed by atoms with Crippen molar-refractivity contribution in [3.05, 3.63) is 25.3 Å². The van der Waals surface area contributed by atoms with E-state index in [1.165, 1.54) is 295 Å². The van der Waals surface area contributed by atoms with Crippen LogP contribution in [0.4, 0.5) is 0 Å². The van der Waals surface area contributed by atoms with Gasteiger partial charge in [0.05, 0.1) is 0 Å². The third kappa shape index (κ3) is 77.9. The molecule has 0 saturated heterocycles. The van der Waals surface area contributed by atoms with Crippen LogP contribution in [0.25, 0.3) is 0 Å². The Hall–Kier alpha value is -0.520. The van der Waals surface area contributed by atoms with E-state index in [4.69, 9.17) is 0 Å². The van der Waals surface area contributed by atoms with Crippen molar-refractivity contribution >= 4 is 0 Å². The second-order valence-electron chi connectivity index (χ2n) is 17.6. The van der Waals surface area contributed by atoms with Gasteiger partial charge in [-0.25, -0.2) is 0 Å². The first-order valence-electron chi connectivity index (χ1n) is 26.9. The summed E-state index contributed by atoms with van der Waals surface area (Å²) in [6.07, 6.45) is 69.8. The zero-order chi connectivity index (χ0) is 41.9. The average Bonchev–Trinajstić information content (AvgIpc) is 3.21. The molecule has 0 aromatic rings. The van der Waals surface area contributed by atoms with E-state index >= 15 is 0 Å². The maximum Gasteiger partial charge on any atom is -0.0353 e. The maximum atomic E-state index is 3.74. The largest absolute Gasteiger partial charge is 0.103 e. The Balaban J connectivity index is -0.000000322. The summed E-state index contributed by atoms with van der Waals surface area (Å²) in [5, 5.41) is 0. The summed E-state index contributed by atoms with van der Waals surface area (Å²) in [6.45, 7) is 21.2. The molecule has 0 nitrogen and oxygen atoms in total. The maximum absolute atomic E-state index is 3.74. The molecule has 0 rings (SSSR count). The lowest BCUT2D eigenvalue weighted by Gasteiger charge is -2.01. The fraction of sp³-hybridized carbons (Fsp3) is 0.929. The van der Waals surface area contributed by atoms with Gasteiger partial charge in [0.1, 0.15) is 0 Å². The second-order valence-corrected chi connectivity index (χ2v) is 17.6. The molecule has 0 aliphatic rings. The molecule has 0 amide bonds. The van der Waals surface area contributed by atoms with Crippen molar-refractivity contribution in [1.82, 2.24) is 0 Å². The lowest BCUT2D eigenvalue weighted by molar-refractivity contribution is 0.548. The van der Waals surface area contributed by atoms with E-state index in [1.54, 1.807) is 0 Å². The molecule has 56 heavy (non-hydrogen) atoms. The van der Waals surface area contributed by atoms with Gasteiger partial charge in [-0.2, -0.15) is 0 Å². The Morgan fingerprint density at radius 2 is 0.286 bits per heavy atom. The molecule has 0 heteroatoms. The van der Waals surface area contributed by atoms with Crippen LogP contribution in [-0.2, 0) is 0 Å². The molecule has 0 saturated carbocycles. The standard InChI is InChI=1S/2C14H30.2C14H28/c4*1-3-5-7-9-11-13-14-12-10-8-6-4-2/h2*3-14H2,1-2H3;2*3H,1,4-14H2,2H3. The van der Waals surface area contributed by atoms with Gasteiger partial charge in [0, 0.05) is 0 Å². The van der Waals surface area contributed by atoms with Gasteiger partial charge in [0.15, 0.2) is 0 Å². The first-order valence-corrected chi connectivity index (χ1v) is 26.9. The summed E-state index contributed by atoms with van der Waals surface area (Å²) in [4.78, 5) is 0. The minimum absolute atomic E-state index is 1.20. The summed E-state index contributed by atoms with van der Waals surface area (Å²) in [7, 11) is 0. The van der Waals surface area contributed by atoms with E-state index in [-0.39, 0.29) is 0 Å². The highest BCUT2D eigenvalue weighted by Crippen LogP contribution is 2.14. The van der Waals surface area contributed by atoms with Gasteiger partial charge in [-0.3, -0.25) is 0 Å². The highest BCUT2D eigenvalue weighted by molar-refractivity contribution is 4.66. The number of rotatable bonds is 44. The monoisotopic (exact) mass is 789 g/mol. The summed E-state index contributed by atoms with van der Waals surface area (Å²) < 4.78 is 0. The minimum Gasteiger partial charge on any atom is -0.103 e. The van der Waals surface area contributed by atoms with Crippen LogP contribution in [0.15, 0.2) is 25.3 Å². The van der Waals surface area contributed by atoms with E-state index in [0.29, 0.717) is 0 Å². The molecule has 0 N–H and O–H groups in total. The SMILES string of the molecule is C=CCCCCCCCCCCCC.C=CCCCCCCCCCCCC.CCCCCCCCCCCCCC.CCCCCCCCCCCCCC. The van der Waals surface area contributed by atoms with Crippen LogP contribution in [0.5, 0.6) is 0 Å². The van der Waals surface area contributed by atoms with Crippen molar-refractivity contribution in [1.29, 1.82) is 0 Å².